The van der Waals surface area contributed by atoms with E-state index in [1.807, 2.05) is 0 Å². The fourth-order valence-corrected chi connectivity index (χ4v) is 1.86. The summed E-state index contributed by atoms with van der Waals surface area (Å²) in [5.74, 6) is 0. The van der Waals surface area contributed by atoms with E-state index >= 15 is 0 Å². The molecule has 0 spiro atoms. The SMILES string of the molecule is OC[C@@H](O)[C@@H]1O[C@H]2NC(=S)O[C@@H]2[C@@H]1O. The Bertz CT molecular complexity index is 250. The first-order valence-electron chi connectivity index (χ1n) is 4.23. The Morgan fingerprint density at radius 3 is 2.86 bits per heavy atom. The van der Waals surface area contributed by atoms with Crippen LogP contribution in [0.15, 0.2) is 0 Å². The number of fused-ring (bicyclic) bond motifs is 1. The average molecular weight is 221 g/mol. The lowest BCUT2D eigenvalue weighted by molar-refractivity contribution is -0.0846. The van der Waals surface area contributed by atoms with Crippen LogP contribution >= 0.6 is 12.2 Å². The van der Waals surface area contributed by atoms with Crippen molar-refractivity contribution in [2.75, 3.05) is 6.61 Å². The lowest BCUT2D eigenvalue weighted by Gasteiger charge is -2.20. The van der Waals surface area contributed by atoms with Gasteiger partial charge in [0.2, 0.25) is 0 Å². The molecule has 2 saturated heterocycles. The van der Waals surface area contributed by atoms with Crippen molar-refractivity contribution in [3.63, 3.8) is 0 Å². The molecule has 4 N–H and O–H groups in total. The van der Waals surface area contributed by atoms with Gasteiger partial charge in [0.25, 0.3) is 5.17 Å². The van der Waals surface area contributed by atoms with E-state index in [2.05, 4.69) is 5.32 Å². The van der Waals surface area contributed by atoms with Gasteiger partial charge in [0.05, 0.1) is 6.61 Å². The maximum absolute atomic E-state index is 9.66. The first kappa shape index (κ1) is 10.1. The molecular formula is C7H11NO5S. The van der Waals surface area contributed by atoms with Crippen molar-refractivity contribution in [3.05, 3.63) is 0 Å². The van der Waals surface area contributed by atoms with Crippen LogP contribution in [0.2, 0.25) is 0 Å². The molecule has 2 fully saturated rings. The number of aliphatic hydroxyl groups is 3. The number of thiocarbonyl (C=S) groups is 1. The van der Waals surface area contributed by atoms with Crippen molar-refractivity contribution in [1.82, 2.24) is 5.32 Å². The summed E-state index contributed by atoms with van der Waals surface area (Å²) in [6.07, 6.45) is -4.09. The average Bonchev–Trinajstić information content (AvgIpc) is 2.64. The zero-order valence-electron chi connectivity index (χ0n) is 7.16. The second-order valence-electron chi connectivity index (χ2n) is 3.28. The van der Waals surface area contributed by atoms with E-state index in [9.17, 15) is 10.2 Å². The highest BCUT2D eigenvalue weighted by Crippen LogP contribution is 2.28. The highest BCUT2D eigenvalue weighted by Gasteiger charge is 2.51. The molecule has 0 radical (unpaired) electrons. The Labute approximate surface area is 85.4 Å². The van der Waals surface area contributed by atoms with Crippen LogP contribution in [-0.4, -0.2) is 57.7 Å². The standard InChI is InChI=1S/C7H11NO5S/c9-1-2(10)4-3(11)5-6(12-4)8-7(14)13-5/h2-6,9-11H,1H2,(H,8,14)/t2-,3-,4+,5-,6-/m1/s1. The van der Waals surface area contributed by atoms with Gasteiger partial charge in [0.1, 0.15) is 18.3 Å². The Morgan fingerprint density at radius 1 is 1.57 bits per heavy atom. The number of ether oxygens (including phenoxy) is 2. The number of hydrogen-bond acceptors (Lipinski definition) is 6. The van der Waals surface area contributed by atoms with E-state index in [4.69, 9.17) is 26.8 Å². The third-order valence-electron chi connectivity index (χ3n) is 2.34. The topological polar surface area (TPSA) is 91.2 Å². The lowest BCUT2D eigenvalue weighted by atomic mass is 10.1. The zero-order valence-corrected chi connectivity index (χ0v) is 7.98. The Morgan fingerprint density at radius 2 is 2.29 bits per heavy atom. The van der Waals surface area contributed by atoms with Crippen molar-refractivity contribution >= 4 is 17.4 Å². The third kappa shape index (κ3) is 1.47. The molecule has 0 aliphatic carbocycles. The molecule has 0 amide bonds. The number of aliphatic hydroxyl groups excluding tert-OH is 3. The Balaban J connectivity index is 2.05. The quantitative estimate of drug-likeness (QED) is 0.390. The van der Waals surface area contributed by atoms with Gasteiger partial charge in [-0.3, -0.25) is 0 Å². The van der Waals surface area contributed by atoms with Gasteiger partial charge < -0.3 is 30.1 Å². The molecule has 0 aromatic heterocycles. The summed E-state index contributed by atoms with van der Waals surface area (Å²) in [5.41, 5.74) is 0. The van der Waals surface area contributed by atoms with Crippen molar-refractivity contribution in [1.29, 1.82) is 0 Å². The van der Waals surface area contributed by atoms with Crippen LogP contribution in [0.3, 0.4) is 0 Å². The summed E-state index contributed by atoms with van der Waals surface area (Å²) in [6, 6.07) is 0. The van der Waals surface area contributed by atoms with Gasteiger partial charge in [-0.1, -0.05) is 0 Å². The largest absolute Gasteiger partial charge is 0.460 e. The summed E-state index contributed by atoms with van der Waals surface area (Å²) in [5, 5.41) is 30.5. The Hall–Kier alpha value is -0.470. The molecule has 7 heteroatoms. The molecule has 6 nitrogen and oxygen atoms in total. The van der Waals surface area contributed by atoms with Crippen LogP contribution in [0, 0.1) is 0 Å². The smallest absolute Gasteiger partial charge is 0.259 e. The van der Waals surface area contributed by atoms with Gasteiger partial charge in [-0.2, -0.15) is 0 Å². The molecule has 14 heavy (non-hydrogen) atoms. The van der Waals surface area contributed by atoms with Gasteiger partial charge in [0.15, 0.2) is 12.3 Å². The number of rotatable bonds is 2. The van der Waals surface area contributed by atoms with Crippen molar-refractivity contribution in [2.24, 2.45) is 0 Å². The molecular weight excluding hydrogens is 210 g/mol. The molecule has 0 unspecified atom stereocenters. The Kier molecular flexibility index (Phi) is 2.58. The first-order valence-corrected chi connectivity index (χ1v) is 4.64. The van der Waals surface area contributed by atoms with Gasteiger partial charge in [-0.25, -0.2) is 0 Å². The molecule has 5 atom stereocenters. The van der Waals surface area contributed by atoms with E-state index in [-0.39, 0.29) is 5.17 Å². The molecule has 0 aromatic carbocycles. The summed E-state index contributed by atoms with van der Waals surface area (Å²) >= 11 is 4.72. The van der Waals surface area contributed by atoms with Crippen molar-refractivity contribution in [3.8, 4) is 0 Å². The molecule has 2 aliphatic rings. The van der Waals surface area contributed by atoms with E-state index in [1.165, 1.54) is 0 Å². The molecule has 2 aliphatic heterocycles. The van der Waals surface area contributed by atoms with Gasteiger partial charge in [-0.05, 0) is 12.2 Å². The van der Waals surface area contributed by atoms with Crippen LogP contribution in [-0.2, 0) is 9.47 Å². The van der Waals surface area contributed by atoms with Crippen LogP contribution in [0.4, 0.5) is 0 Å². The third-order valence-corrected chi connectivity index (χ3v) is 2.56. The molecule has 0 aromatic rings. The molecule has 0 bridgehead atoms. The zero-order chi connectivity index (χ0) is 10.3. The minimum atomic E-state index is -1.12. The fraction of sp³-hybridized carbons (Fsp3) is 0.857. The van der Waals surface area contributed by atoms with Gasteiger partial charge in [0, 0.05) is 0 Å². The molecule has 0 saturated carbocycles. The summed E-state index contributed by atoms with van der Waals surface area (Å²) in [4.78, 5) is 0. The summed E-state index contributed by atoms with van der Waals surface area (Å²) < 4.78 is 10.3. The summed E-state index contributed by atoms with van der Waals surface area (Å²) in [6.45, 7) is -0.467. The normalized spacial score (nSPS) is 42.9. The van der Waals surface area contributed by atoms with Gasteiger partial charge in [-0.15, -0.1) is 0 Å². The van der Waals surface area contributed by atoms with Crippen LogP contribution in [0.25, 0.3) is 0 Å². The van der Waals surface area contributed by atoms with Crippen LogP contribution in [0.1, 0.15) is 0 Å². The van der Waals surface area contributed by atoms with E-state index in [1.54, 1.807) is 0 Å². The maximum Gasteiger partial charge on any atom is 0.259 e. The molecule has 80 valence electrons. The second-order valence-corrected chi connectivity index (χ2v) is 3.65. The summed E-state index contributed by atoms with van der Waals surface area (Å²) in [7, 11) is 0. The minimum Gasteiger partial charge on any atom is -0.460 e. The first-order chi connectivity index (χ1) is 6.63. The van der Waals surface area contributed by atoms with E-state index in [0.717, 1.165) is 0 Å². The fourth-order valence-electron chi connectivity index (χ4n) is 1.64. The van der Waals surface area contributed by atoms with E-state index < -0.39 is 37.3 Å². The van der Waals surface area contributed by atoms with Gasteiger partial charge >= 0.3 is 0 Å². The second kappa shape index (κ2) is 3.59. The monoisotopic (exact) mass is 221 g/mol. The molecule has 2 heterocycles. The predicted molar refractivity (Wildman–Crippen MR) is 48.4 cm³/mol. The highest BCUT2D eigenvalue weighted by atomic mass is 32.1. The van der Waals surface area contributed by atoms with Crippen LogP contribution in [0.5, 0.6) is 0 Å². The maximum atomic E-state index is 9.66. The predicted octanol–water partition coefficient (Wildman–Crippen LogP) is -2.30. The molecule has 2 rings (SSSR count). The van der Waals surface area contributed by atoms with E-state index in [0.29, 0.717) is 0 Å². The number of hydrogen-bond donors (Lipinski definition) is 4. The number of nitrogens with one attached hydrogen (secondary N) is 1. The minimum absolute atomic E-state index is 0.177. The van der Waals surface area contributed by atoms with Crippen molar-refractivity contribution < 1.29 is 24.8 Å². The van der Waals surface area contributed by atoms with Crippen molar-refractivity contribution in [2.45, 2.75) is 30.6 Å². The highest BCUT2D eigenvalue weighted by molar-refractivity contribution is 7.80. The van der Waals surface area contributed by atoms with Crippen LogP contribution < -0.4 is 5.32 Å². The lowest BCUT2D eigenvalue weighted by Crippen LogP contribution is -2.41.